The van der Waals surface area contributed by atoms with E-state index in [1.165, 1.54) is 4.90 Å². The average Bonchev–Trinajstić information content (AvgIpc) is 3.75. The summed E-state index contributed by atoms with van der Waals surface area (Å²) >= 11 is 0. The molecular formula is C37H51N5O6. The van der Waals surface area contributed by atoms with Gasteiger partial charge < -0.3 is 26.6 Å². The molecule has 0 bridgehead atoms. The van der Waals surface area contributed by atoms with Crippen LogP contribution in [0.1, 0.15) is 85.1 Å². The summed E-state index contributed by atoms with van der Waals surface area (Å²) in [5.74, 6) is -2.95. The van der Waals surface area contributed by atoms with E-state index in [0.717, 1.165) is 24.0 Å². The molecule has 11 heteroatoms. The van der Waals surface area contributed by atoms with Crippen LogP contribution in [0, 0.1) is 17.3 Å². The average molecular weight is 662 g/mol. The molecule has 1 aromatic rings. The van der Waals surface area contributed by atoms with Crippen LogP contribution in [0.3, 0.4) is 0 Å². The molecule has 5 N–H and O–H groups in total. The molecule has 11 nitrogen and oxygen atoms in total. The highest BCUT2D eigenvalue weighted by Crippen LogP contribution is 2.35. The Morgan fingerprint density at radius 1 is 1.04 bits per heavy atom. The van der Waals surface area contributed by atoms with E-state index in [1.807, 2.05) is 83.2 Å². The van der Waals surface area contributed by atoms with Crippen molar-refractivity contribution in [2.24, 2.45) is 23.0 Å². The number of allylic oxidation sites excluding steroid dienone is 2. The molecule has 48 heavy (non-hydrogen) atoms. The number of likely N-dealkylation sites (tertiary alicyclic amines) is 1. The van der Waals surface area contributed by atoms with Crippen LogP contribution in [0.4, 0.5) is 4.79 Å². The predicted octanol–water partition coefficient (Wildman–Crippen LogP) is 3.51. The van der Waals surface area contributed by atoms with Gasteiger partial charge in [-0.3, -0.25) is 24.0 Å². The number of hydrogen-bond acceptors (Lipinski definition) is 6. The van der Waals surface area contributed by atoms with Gasteiger partial charge in [0.2, 0.25) is 17.6 Å². The maximum absolute atomic E-state index is 14.4. The number of carbonyl (C=O) groups excluding carboxylic acids is 6. The highest BCUT2D eigenvalue weighted by Gasteiger charge is 2.47. The van der Waals surface area contributed by atoms with E-state index in [2.05, 4.69) is 16.0 Å². The molecule has 5 atom stereocenters. The summed E-state index contributed by atoms with van der Waals surface area (Å²) in [6, 6.07) is 5.69. The van der Waals surface area contributed by atoms with E-state index in [1.54, 1.807) is 0 Å². The predicted molar refractivity (Wildman–Crippen MR) is 182 cm³/mol. The highest BCUT2D eigenvalue weighted by molar-refractivity contribution is 6.37. The van der Waals surface area contributed by atoms with Gasteiger partial charge in [0, 0.05) is 13.0 Å². The number of Topliss-reactive ketones (excluding diaryl/α,β-unsaturated/α-hetero) is 2. The van der Waals surface area contributed by atoms with Gasteiger partial charge in [-0.2, -0.15) is 0 Å². The molecule has 1 aromatic carbocycles. The molecule has 1 aliphatic heterocycles. The zero-order chi connectivity index (χ0) is 35.2. The molecule has 1 heterocycles. The smallest absolute Gasteiger partial charge is 0.316 e. The number of carbonyl (C=O) groups is 6. The van der Waals surface area contributed by atoms with E-state index >= 15 is 0 Å². The summed E-state index contributed by atoms with van der Waals surface area (Å²) in [5.41, 5.74) is 5.26. The van der Waals surface area contributed by atoms with Crippen molar-refractivity contribution in [1.82, 2.24) is 20.9 Å². The lowest BCUT2D eigenvalue weighted by molar-refractivity contribution is -0.143. The number of urea groups is 1. The first-order valence-electron chi connectivity index (χ1n) is 17.0. The third kappa shape index (κ3) is 8.99. The van der Waals surface area contributed by atoms with Crippen molar-refractivity contribution >= 4 is 35.3 Å². The van der Waals surface area contributed by atoms with Gasteiger partial charge in [-0.15, -0.1) is 0 Å². The summed E-state index contributed by atoms with van der Waals surface area (Å²) in [7, 11) is 0. The van der Waals surface area contributed by atoms with Gasteiger partial charge >= 0.3 is 6.03 Å². The molecule has 0 spiro atoms. The Bertz CT molecular complexity index is 1460. The Balaban J connectivity index is 1.56. The number of primary amides is 1. The largest absolute Gasteiger partial charge is 0.363 e. The van der Waals surface area contributed by atoms with Crippen molar-refractivity contribution in [2.75, 3.05) is 6.54 Å². The molecule has 260 valence electrons. The standard InChI is InChI=1S/C37H51N5O6/c1-6-23(2)26-21-28(33(46)39-27(19-25-15-16-25)30(44)32(38)45)42(22-26)34(47)31(36(3,4)5)40-35(48)41-37(17-11-8-12-18-37)29(43)20-24-13-9-7-10-14-24/h6-11,13-14,25-28,31H,12,15-22H2,1-5H3,(H2,38,45)(H,39,46)(H2,40,41,48)/b23-6+/t26-,27?,28+,31-,37?/m1/s1. The van der Waals surface area contributed by atoms with Crippen LogP contribution in [0.2, 0.25) is 0 Å². The normalized spacial score (nSPS) is 23.9. The van der Waals surface area contributed by atoms with Crippen LogP contribution in [0.25, 0.3) is 0 Å². The number of ketones is 2. The Morgan fingerprint density at radius 2 is 1.73 bits per heavy atom. The van der Waals surface area contributed by atoms with Crippen molar-refractivity contribution in [3.8, 4) is 0 Å². The lowest BCUT2D eigenvalue weighted by atomic mass is 9.79. The molecule has 2 aliphatic carbocycles. The van der Waals surface area contributed by atoms with E-state index in [9.17, 15) is 28.8 Å². The second-order valence-corrected chi connectivity index (χ2v) is 14.7. The second-order valence-electron chi connectivity index (χ2n) is 14.7. The number of nitrogens with two attached hydrogens (primary N) is 1. The number of rotatable bonds is 13. The van der Waals surface area contributed by atoms with Crippen molar-refractivity contribution < 1.29 is 28.8 Å². The van der Waals surface area contributed by atoms with E-state index in [0.29, 0.717) is 32.1 Å². The summed E-state index contributed by atoms with van der Waals surface area (Å²) in [5, 5.41) is 8.56. The Morgan fingerprint density at radius 3 is 2.29 bits per heavy atom. The third-order valence-electron chi connectivity index (χ3n) is 9.98. The first kappa shape index (κ1) is 36.6. The van der Waals surface area contributed by atoms with Crippen molar-refractivity contribution in [3.63, 3.8) is 0 Å². The van der Waals surface area contributed by atoms with Crippen LogP contribution in [0.15, 0.2) is 54.1 Å². The van der Waals surface area contributed by atoms with Gasteiger partial charge in [0.1, 0.15) is 17.6 Å². The maximum Gasteiger partial charge on any atom is 0.316 e. The van der Waals surface area contributed by atoms with Gasteiger partial charge in [0.25, 0.3) is 5.91 Å². The zero-order valence-electron chi connectivity index (χ0n) is 28.8. The van der Waals surface area contributed by atoms with E-state index in [-0.39, 0.29) is 30.6 Å². The first-order valence-corrected chi connectivity index (χ1v) is 17.0. The molecule has 2 unspecified atom stereocenters. The van der Waals surface area contributed by atoms with Gasteiger partial charge in [0.05, 0.1) is 6.04 Å². The van der Waals surface area contributed by atoms with Crippen molar-refractivity contribution in [1.29, 1.82) is 0 Å². The number of nitrogens with one attached hydrogen (secondary N) is 3. The van der Waals surface area contributed by atoms with Crippen LogP contribution in [-0.2, 0) is 30.4 Å². The number of hydrogen-bond donors (Lipinski definition) is 4. The third-order valence-corrected chi connectivity index (χ3v) is 9.98. The summed E-state index contributed by atoms with van der Waals surface area (Å²) in [4.78, 5) is 81.6. The van der Waals surface area contributed by atoms with Crippen LogP contribution >= 0.6 is 0 Å². The number of nitrogens with zero attached hydrogens (tertiary/aromatic N) is 1. The van der Waals surface area contributed by atoms with Crippen LogP contribution in [-0.4, -0.2) is 70.4 Å². The second kappa shape index (κ2) is 15.3. The summed E-state index contributed by atoms with van der Waals surface area (Å²) in [6.45, 7) is 9.55. The minimum Gasteiger partial charge on any atom is -0.363 e. The SMILES string of the molecule is C/C=C(\C)[C@@H]1C[C@@H](C(=O)NC(CC2CC2)C(=O)C(N)=O)N(C(=O)[C@@H](NC(=O)NC2(C(=O)Cc3ccccc3)CC=CCC2)C(C)(C)C)C1. The highest BCUT2D eigenvalue weighted by atomic mass is 16.2. The van der Waals surface area contributed by atoms with Gasteiger partial charge in [-0.05, 0) is 68.8 Å². The maximum atomic E-state index is 14.4. The number of benzene rings is 1. The van der Waals surface area contributed by atoms with E-state index < -0.39 is 58.6 Å². The molecule has 1 saturated carbocycles. The van der Waals surface area contributed by atoms with Crippen LogP contribution in [0.5, 0.6) is 0 Å². The molecule has 2 fully saturated rings. The van der Waals surface area contributed by atoms with E-state index in [4.69, 9.17) is 5.73 Å². The molecule has 3 aliphatic rings. The Kier molecular flexibility index (Phi) is 11.6. The van der Waals surface area contributed by atoms with Gasteiger partial charge in [-0.25, -0.2) is 4.79 Å². The van der Waals surface area contributed by atoms with Gasteiger partial charge in [-0.1, -0.05) is 87.7 Å². The Hall–Kier alpha value is -4.28. The monoisotopic (exact) mass is 661 g/mol. The zero-order valence-corrected chi connectivity index (χ0v) is 28.8. The quantitative estimate of drug-likeness (QED) is 0.186. The molecule has 0 radical (unpaired) electrons. The van der Waals surface area contributed by atoms with Crippen molar-refractivity contribution in [3.05, 3.63) is 59.7 Å². The van der Waals surface area contributed by atoms with Gasteiger partial charge in [0.15, 0.2) is 5.78 Å². The Labute approximate surface area is 283 Å². The first-order chi connectivity index (χ1) is 22.6. The number of amides is 5. The topological polar surface area (TPSA) is 168 Å². The fourth-order valence-corrected chi connectivity index (χ4v) is 6.67. The lowest BCUT2D eigenvalue weighted by Gasteiger charge is -2.38. The molecule has 5 amide bonds. The fraction of sp³-hybridized carbons (Fsp3) is 0.568. The van der Waals surface area contributed by atoms with Crippen LogP contribution < -0.4 is 21.7 Å². The molecular weight excluding hydrogens is 610 g/mol. The summed E-state index contributed by atoms with van der Waals surface area (Å²) in [6.07, 6.45) is 9.84. The van der Waals surface area contributed by atoms with Crippen molar-refractivity contribution in [2.45, 2.75) is 110 Å². The molecule has 1 saturated heterocycles. The minimum absolute atomic E-state index is 0.112. The molecule has 4 rings (SSSR count). The summed E-state index contributed by atoms with van der Waals surface area (Å²) < 4.78 is 0. The fourth-order valence-electron chi connectivity index (χ4n) is 6.67. The minimum atomic E-state index is -1.13. The molecule has 0 aromatic heterocycles. The lowest BCUT2D eigenvalue weighted by Crippen LogP contribution is -2.63.